The molecular formula is C32H40N6O3. The number of aryl methyl sites for hydroxylation is 1. The van der Waals surface area contributed by atoms with Crippen LogP contribution in [-0.2, 0) is 40.9 Å². The number of nitrogens with two attached hydrogens (primary N) is 1. The van der Waals surface area contributed by atoms with E-state index in [4.69, 9.17) is 10.7 Å². The number of benzene rings is 2. The van der Waals surface area contributed by atoms with E-state index in [0.29, 0.717) is 58.5 Å². The Morgan fingerprint density at radius 2 is 1.56 bits per heavy atom. The van der Waals surface area contributed by atoms with Crippen LogP contribution in [0, 0.1) is 0 Å². The summed E-state index contributed by atoms with van der Waals surface area (Å²) in [6.07, 6.45) is 3.13. The lowest BCUT2D eigenvalue weighted by molar-refractivity contribution is -0.148. The van der Waals surface area contributed by atoms with Crippen molar-refractivity contribution in [3.63, 3.8) is 0 Å². The van der Waals surface area contributed by atoms with Gasteiger partial charge in [0.25, 0.3) is 0 Å². The van der Waals surface area contributed by atoms with Crippen molar-refractivity contribution in [2.45, 2.75) is 64.6 Å². The van der Waals surface area contributed by atoms with Crippen molar-refractivity contribution < 1.29 is 14.4 Å². The van der Waals surface area contributed by atoms with Crippen LogP contribution < -0.4 is 5.73 Å². The van der Waals surface area contributed by atoms with Crippen LogP contribution in [0.4, 0.5) is 4.79 Å². The molecule has 0 radical (unpaired) electrons. The first kappa shape index (κ1) is 28.4. The monoisotopic (exact) mass is 556 g/mol. The van der Waals surface area contributed by atoms with Gasteiger partial charge in [-0.3, -0.25) is 9.59 Å². The molecule has 0 bridgehead atoms. The minimum absolute atomic E-state index is 0.0455. The summed E-state index contributed by atoms with van der Waals surface area (Å²) in [5.74, 6) is -0.143. The molecule has 5 rings (SSSR count). The lowest BCUT2D eigenvalue weighted by atomic mass is 9.87. The van der Waals surface area contributed by atoms with Crippen LogP contribution in [0.25, 0.3) is 0 Å². The summed E-state index contributed by atoms with van der Waals surface area (Å²) < 4.78 is 2.10. The Bertz CT molecular complexity index is 1390. The molecule has 2 N–H and O–H groups in total. The molecule has 0 saturated carbocycles. The summed E-state index contributed by atoms with van der Waals surface area (Å²) in [5.41, 5.74) is 10.9. The fourth-order valence-electron chi connectivity index (χ4n) is 5.69. The van der Waals surface area contributed by atoms with E-state index in [-0.39, 0.29) is 17.2 Å². The number of carbonyl (C=O) groups is 3. The van der Waals surface area contributed by atoms with Crippen molar-refractivity contribution >= 4 is 17.8 Å². The van der Waals surface area contributed by atoms with Gasteiger partial charge in [-0.15, -0.1) is 0 Å². The Morgan fingerprint density at radius 1 is 0.902 bits per heavy atom. The largest absolute Gasteiger partial charge is 0.351 e. The molecule has 1 fully saturated rings. The van der Waals surface area contributed by atoms with E-state index in [9.17, 15) is 14.4 Å². The van der Waals surface area contributed by atoms with E-state index >= 15 is 0 Å². The third-order valence-electron chi connectivity index (χ3n) is 8.27. The molecule has 1 unspecified atom stereocenters. The normalized spacial score (nSPS) is 17.3. The van der Waals surface area contributed by atoms with Crippen molar-refractivity contribution in [2.24, 2.45) is 5.73 Å². The van der Waals surface area contributed by atoms with Gasteiger partial charge in [0.1, 0.15) is 6.04 Å². The van der Waals surface area contributed by atoms with E-state index in [1.165, 1.54) is 5.56 Å². The average Bonchev–Trinajstić information content (AvgIpc) is 3.36. The first-order valence-electron chi connectivity index (χ1n) is 14.4. The fourth-order valence-corrected chi connectivity index (χ4v) is 5.69. The minimum Gasteiger partial charge on any atom is -0.351 e. The van der Waals surface area contributed by atoms with Gasteiger partial charge >= 0.3 is 6.03 Å². The number of hydrogen-bond acceptors (Lipinski definition) is 4. The number of imidazole rings is 1. The molecule has 2 aromatic carbocycles. The molecule has 1 aromatic heterocycles. The number of amides is 4. The van der Waals surface area contributed by atoms with Crippen LogP contribution in [-0.4, -0.2) is 74.3 Å². The van der Waals surface area contributed by atoms with Gasteiger partial charge in [-0.05, 0) is 28.5 Å². The lowest BCUT2D eigenvalue weighted by Crippen LogP contribution is -2.58. The molecule has 3 heterocycles. The van der Waals surface area contributed by atoms with Gasteiger partial charge in [-0.2, -0.15) is 0 Å². The minimum atomic E-state index is -0.625. The van der Waals surface area contributed by atoms with Crippen LogP contribution in [0.2, 0.25) is 0 Å². The van der Waals surface area contributed by atoms with Crippen LogP contribution in [0.5, 0.6) is 0 Å². The molecule has 0 spiro atoms. The Balaban J connectivity index is 1.36. The van der Waals surface area contributed by atoms with Gasteiger partial charge in [-0.25, -0.2) is 9.78 Å². The van der Waals surface area contributed by atoms with Gasteiger partial charge in [0.05, 0.1) is 24.3 Å². The van der Waals surface area contributed by atoms with Crippen LogP contribution in [0.15, 0.2) is 60.9 Å². The third kappa shape index (κ3) is 6.45. The van der Waals surface area contributed by atoms with E-state index in [0.717, 1.165) is 22.5 Å². The molecule has 2 aliphatic rings. The molecule has 0 aliphatic carbocycles. The van der Waals surface area contributed by atoms with Crippen molar-refractivity contribution in [2.75, 3.05) is 26.2 Å². The highest BCUT2D eigenvalue weighted by Gasteiger charge is 2.39. The number of primary amides is 1. The molecule has 9 heteroatoms. The molecule has 41 heavy (non-hydrogen) atoms. The van der Waals surface area contributed by atoms with Crippen molar-refractivity contribution in [1.29, 1.82) is 0 Å². The number of nitrogens with zero attached hydrogens (tertiary/aromatic N) is 5. The number of rotatable bonds is 6. The summed E-state index contributed by atoms with van der Waals surface area (Å²) in [7, 11) is 0. The zero-order chi connectivity index (χ0) is 29.1. The SMILES string of the molecule is CC(C)(C)c1ccc(Cn2cnc3c2CN(C(=O)CCc2ccccc2)C(C(=O)N2CCN(C(N)=O)CC2)C3)cc1. The third-order valence-corrected chi connectivity index (χ3v) is 8.27. The topological polar surface area (TPSA) is 105 Å². The molecule has 9 nitrogen and oxygen atoms in total. The van der Waals surface area contributed by atoms with Gasteiger partial charge < -0.3 is 25.0 Å². The smallest absolute Gasteiger partial charge is 0.314 e. The van der Waals surface area contributed by atoms with Gasteiger partial charge in [0, 0.05) is 45.6 Å². The van der Waals surface area contributed by atoms with E-state index in [1.54, 1.807) is 14.7 Å². The van der Waals surface area contributed by atoms with Crippen molar-refractivity contribution in [1.82, 2.24) is 24.3 Å². The van der Waals surface area contributed by atoms with E-state index in [1.807, 2.05) is 36.7 Å². The Kier molecular flexibility index (Phi) is 8.15. The summed E-state index contributed by atoms with van der Waals surface area (Å²) in [4.78, 5) is 48.8. The Morgan fingerprint density at radius 3 is 2.20 bits per heavy atom. The summed E-state index contributed by atoms with van der Waals surface area (Å²) in [6.45, 7) is 9.17. The predicted octanol–water partition coefficient (Wildman–Crippen LogP) is 3.34. The maximum atomic E-state index is 13.8. The number of urea groups is 1. The first-order chi connectivity index (χ1) is 19.6. The van der Waals surface area contributed by atoms with Crippen LogP contribution >= 0.6 is 0 Å². The van der Waals surface area contributed by atoms with Crippen LogP contribution in [0.3, 0.4) is 0 Å². The average molecular weight is 557 g/mol. The molecule has 3 aromatic rings. The maximum Gasteiger partial charge on any atom is 0.314 e. The zero-order valence-electron chi connectivity index (χ0n) is 24.3. The molecule has 2 aliphatic heterocycles. The zero-order valence-corrected chi connectivity index (χ0v) is 24.3. The molecule has 216 valence electrons. The first-order valence-corrected chi connectivity index (χ1v) is 14.4. The number of carbonyl (C=O) groups excluding carboxylic acids is 3. The van der Waals surface area contributed by atoms with Gasteiger partial charge in [0.15, 0.2) is 0 Å². The number of fused-ring (bicyclic) bond motifs is 1. The highest BCUT2D eigenvalue weighted by molar-refractivity contribution is 5.88. The molecule has 4 amide bonds. The van der Waals surface area contributed by atoms with Crippen molar-refractivity contribution in [3.8, 4) is 0 Å². The second-order valence-corrected chi connectivity index (χ2v) is 12.1. The predicted molar refractivity (Wildman–Crippen MR) is 157 cm³/mol. The van der Waals surface area contributed by atoms with E-state index in [2.05, 4.69) is 49.6 Å². The number of hydrogen-bond donors (Lipinski definition) is 1. The second kappa shape index (κ2) is 11.8. The summed E-state index contributed by atoms with van der Waals surface area (Å²) in [6, 6.07) is 17.5. The fraction of sp³-hybridized carbons (Fsp3) is 0.438. The number of aromatic nitrogens is 2. The maximum absolute atomic E-state index is 13.8. The van der Waals surface area contributed by atoms with Gasteiger partial charge in [0.2, 0.25) is 11.8 Å². The Hall–Kier alpha value is -4.14. The van der Waals surface area contributed by atoms with Gasteiger partial charge in [-0.1, -0.05) is 75.4 Å². The quantitative estimate of drug-likeness (QED) is 0.503. The molecular weight excluding hydrogens is 516 g/mol. The molecule has 1 saturated heterocycles. The van der Waals surface area contributed by atoms with E-state index < -0.39 is 12.1 Å². The highest BCUT2D eigenvalue weighted by Crippen LogP contribution is 2.27. The number of piperazine rings is 1. The second-order valence-electron chi connectivity index (χ2n) is 12.1. The highest BCUT2D eigenvalue weighted by atomic mass is 16.2. The van der Waals surface area contributed by atoms with Crippen molar-refractivity contribution in [3.05, 3.63) is 89.0 Å². The Labute approximate surface area is 241 Å². The molecule has 1 atom stereocenters. The van der Waals surface area contributed by atoms with Crippen LogP contribution in [0.1, 0.15) is 55.3 Å². The summed E-state index contributed by atoms with van der Waals surface area (Å²) in [5, 5.41) is 0. The lowest BCUT2D eigenvalue weighted by Gasteiger charge is -2.40. The summed E-state index contributed by atoms with van der Waals surface area (Å²) >= 11 is 0. The standard InChI is InChI=1S/C32H40N6O3/c1-32(2,3)25-12-9-24(10-13-25)20-37-22-34-26-19-27(30(40)35-15-17-36(18-16-35)31(33)41)38(21-28(26)37)29(39)14-11-23-7-5-4-6-8-23/h4-10,12-13,22,27H,11,14-21H2,1-3H3,(H2,33,41).